The number of halogens is 1. The lowest BCUT2D eigenvalue weighted by Gasteiger charge is -2.24. The number of benzene rings is 3. The normalized spacial score (nSPS) is 13.3. The molecule has 0 unspecified atom stereocenters. The van der Waals surface area contributed by atoms with Gasteiger partial charge in [0.25, 0.3) is 10.0 Å². The molecule has 1 heterocycles. The first-order chi connectivity index (χ1) is 18.7. The number of rotatable bonds is 11. The molecule has 1 saturated heterocycles. The minimum Gasteiger partial charge on any atom is -0.493 e. The predicted octanol–water partition coefficient (Wildman–Crippen LogP) is 3.99. The monoisotopic (exact) mass is 571 g/mol. The van der Waals surface area contributed by atoms with Crippen LogP contribution >= 0.6 is 11.6 Å². The average Bonchev–Trinajstić information content (AvgIpc) is 3.34. The maximum atomic E-state index is 13.7. The van der Waals surface area contributed by atoms with Crippen LogP contribution in [-0.4, -0.2) is 52.4 Å². The van der Waals surface area contributed by atoms with E-state index in [9.17, 15) is 18.0 Å². The Morgan fingerprint density at radius 3 is 2.38 bits per heavy atom. The molecule has 1 fully saturated rings. The second-order valence-corrected chi connectivity index (χ2v) is 11.3. The van der Waals surface area contributed by atoms with Gasteiger partial charge in [-0.15, -0.1) is 0 Å². The lowest BCUT2D eigenvalue weighted by molar-refractivity contribution is -0.128. The highest BCUT2D eigenvalue weighted by Crippen LogP contribution is 2.32. The molecule has 1 aliphatic rings. The fourth-order valence-electron chi connectivity index (χ4n) is 4.34. The lowest BCUT2D eigenvalue weighted by Crippen LogP contribution is -2.40. The van der Waals surface area contributed by atoms with Crippen LogP contribution in [0.4, 0.5) is 5.69 Å². The molecule has 9 nitrogen and oxygen atoms in total. The zero-order valence-electron chi connectivity index (χ0n) is 21.7. The van der Waals surface area contributed by atoms with E-state index in [0.717, 1.165) is 28.4 Å². The van der Waals surface area contributed by atoms with Gasteiger partial charge in [-0.1, -0.05) is 35.9 Å². The van der Waals surface area contributed by atoms with Crippen LogP contribution in [0.3, 0.4) is 0 Å². The van der Waals surface area contributed by atoms with Crippen molar-refractivity contribution in [1.29, 1.82) is 0 Å². The number of carbonyl (C=O) groups excluding carboxylic acids is 2. The van der Waals surface area contributed by atoms with Gasteiger partial charge in [0, 0.05) is 37.1 Å². The molecule has 0 bridgehead atoms. The molecular weight excluding hydrogens is 542 g/mol. The van der Waals surface area contributed by atoms with Crippen molar-refractivity contribution in [3.8, 4) is 11.5 Å². The summed E-state index contributed by atoms with van der Waals surface area (Å²) in [5, 5.41) is 3.24. The number of hydrogen-bond donors (Lipinski definition) is 1. The quantitative estimate of drug-likeness (QED) is 0.373. The van der Waals surface area contributed by atoms with Crippen molar-refractivity contribution < 1.29 is 27.5 Å². The van der Waals surface area contributed by atoms with Gasteiger partial charge in [-0.05, 0) is 53.9 Å². The Balaban J connectivity index is 1.52. The minimum atomic E-state index is -4.17. The maximum absolute atomic E-state index is 13.7. The third-order valence-electron chi connectivity index (χ3n) is 6.37. The van der Waals surface area contributed by atoms with Crippen LogP contribution in [-0.2, 0) is 32.7 Å². The molecule has 0 saturated carbocycles. The number of ether oxygens (including phenoxy) is 2. The number of anilines is 1. The van der Waals surface area contributed by atoms with E-state index in [1.54, 1.807) is 12.1 Å². The van der Waals surface area contributed by atoms with Gasteiger partial charge < -0.3 is 19.7 Å². The number of methoxy groups -OCH3 is 2. The molecule has 0 radical (unpaired) electrons. The van der Waals surface area contributed by atoms with Crippen molar-refractivity contribution in [2.75, 3.05) is 31.6 Å². The summed E-state index contributed by atoms with van der Waals surface area (Å²) in [6.45, 7) is 1.01. The molecular formula is C28H30ClN3O6S. The highest BCUT2D eigenvalue weighted by Gasteiger charge is 2.28. The fourth-order valence-corrected chi connectivity index (χ4v) is 5.91. The van der Waals surface area contributed by atoms with Gasteiger partial charge in [0.1, 0.15) is 6.54 Å². The highest BCUT2D eigenvalue weighted by molar-refractivity contribution is 7.92. The van der Waals surface area contributed by atoms with E-state index in [-0.39, 0.29) is 28.8 Å². The van der Waals surface area contributed by atoms with Crippen molar-refractivity contribution in [1.82, 2.24) is 10.2 Å². The van der Waals surface area contributed by atoms with Crippen LogP contribution in [0.2, 0.25) is 5.02 Å². The van der Waals surface area contributed by atoms with E-state index in [0.29, 0.717) is 23.7 Å². The Bertz CT molecular complexity index is 1450. The standard InChI is InChI=1S/C28H30ClN3O6S/c1-37-25-13-12-24(16-26(25)38-2)39(35,36)32(23-10-8-22(29)9-11-23)19-27(33)30-17-20-5-3-6-21(15-20)18-31-14-4-7-28(31)34/h3,5-6,8-13,15-16H,4,7,14,17-19H2,1-2H3,(H,30,33). The molecule has 0 atom stereocenters. The van der Waals surface area contributed by atoms with E-state index in [4.69, 9.17) is 21.1 Å². The number of carbonyl (C=O) groups is 2. The molecule has 0 aliphatic carbocycles. The summed E-state index contributed by atoms with van der Waals surface area (Å²) in [5.74, 6) is 0.277. The van der Waals surface area contributed by atoms with Crippen LogP contribution < -0.4 is 19.1 Å². The molecule has 11 heteroatoms. The largest absolute Gasteiger partial charge is 0.493 e. The summed E-state index contributed by atoms with van der Waals surface area (Å²) in [6.07, 6.45) is 1.44. The zero-order valence-corrected chi connectivity index (χ0v) is 23.3. The maximum Gasteiger partial charge on any atom is 0.264 e. The van der Waals surface area contributed by atoms with Crippen LogP contribution in [0.5, 0.6) is 11.5 Å². The molecule has 3 aromatic rings. The molecule has 3 aromatic carbocycles. The van der Waals surface area contributed by atoms with E-state index >= 15 is 0 Å². The fraction of sp³-hybridized carbons (Fsp3) is 0.286. The Kier molecular flexibility index (Phi) is 8.98. The van der Waals surface area contributed by atoms with Gasteiger partial charge in [-0.25, -0.2) is 8.42 Å². The summed E-state index contributed by atoms with van der Waals surface area (Å²) in [4.78, 5) is 26.8. The Morgan fingerprint density at radius 2 is 1.72 bits per heavy atom. The summed E-state index contributed by atoms with van der Waals surface area (Å²) < 4.78 is 38.9. The van der Waals surface area contributed by atoms with Gasteiger partial charge in [0.2, 0.25) is 11.8 Å². The molecule has 1 aliphatic heterocycles. The Morgan fingerprint density at radius 1 is 1.00 bits per heavy atom. The molecule has 0 aromatic heterocycles. The molecule has 206 valence electrons. The third kappa shape index (κ3) is 6.82. The van der Waals surface area contributed by atoms with E-state index < -0.39 is 22.5 Å². The first-order valence-electron chi connectivity index (χ1n) is 12.3. The second kappa shape index (κ2) is 12.4. The van der Waals surface area contributed by atoms with Gasteiger partial charge in [0.15, 0.2) is 11.5 Å². The smallest absolute Gasteiger partial charge is 0.264 e. The summed E-state index contributed by atoms with van der Waals surface area (Å²) in [5.41, 5.74) is 2.09. The SMILES string of the molecule is COc1ccc(S(=O)(=O)N(CC(=O)NCc2cccc(CN3CCCC3=O)c2)c2ccc(Cl)cc2)cc1OC. The number of amides is 2. The van der Waals surface area contributed by atoms with Crippen LogP contribution in [0, 0.1) is 0 Å². The van der Waals surface area contributed by atoms with Crippen LogP contribution in [0.25, 0.3) is 0 Å². The molecule has 1 N–H and O–H groups in total. The minimum absolute atomic E-state index is 0.0629. The van der Waals surface area contributed by atoms with Crippen molar-refractivity contribution in [2.24, 2.45) is 0 Å². The zero-order chi connectivity index (χ0) is 28.0. The molecule has 4 rings (SSSR count). The predicted molar refractivity (Wildman–Crippen MR) is 148 cm³/mol. The average molecular weight is 572 g/mol. The third-order valence-corrected chi connectivity index (χ3v) is 8.39. The molecule has 2 amide bonds. The summed E-state index contributed by atoms with van der Waals surface area (Å²) in [7, 11) is -1.30. The van der Waals surface area contributed by atoms with Crippen molar-refractivity contribution >= 4 is 39.1 Å². The van der Waals surface area contributed by atoms with Gasteiger partial charge >= 0.3 is 0 Å². The highest BCUT2D eigenvalue weighted by atomic mass is 35.5. The first-order valence-corrected chi connectivity index (χ1v) is 14.2. The number of hydrogen-bond acceptors (Lipinski definition) is 6. The van der Waals surface area contributed by atoms with E-state index in [1.807, 2.05) is 29.2 Å². The van der Waals surface area contributed by atoms with Crippen molar-refractivity contribution in [3.63, 3.8) is 0 Å². The first kappa shape index (κ1) is 28.3. The van der Waals surface area contributed by atoms with Crippen LogP contribution in [0.15, 0.2) is 71.6 Å². The van der Waals surface area contributed by atoms with Crippen molar-refractivity contribution in [3.05, 3.63) is 82.9 Å². The molecule has 0 spiro atoms. The lowest BCUT2D eigenvalue weighted by atomic mass is 10.1. The molecule has 39 heavy (non-hydrogen) atoms. The number of nitrogens with one attached hydrogen (secondary N) is 1. The Labute approximate surface area is 233 Å². The van der Waals surface area contributed by atoms with Gasteiger partial charge in [-0.2, -0.15) is 0 Å². The van der Waals surface area contributed by atoms with E-state index in [1.165, 1.54) is 44.6 Å². The number of likely N-dealkylation sites (tertiary alicyclic amines) is 1. The number of sulfonamides is 1. The second-order valence-electron chi connectivity index (χ2n) is 9.02. The van der Waals surface area contributed by atoms with Gasteiger partial charge in [0.05, 0.1) is 24.8 Å². The topological polar surface area (TPSA) is 105 Å². The summed E-state index contributed by atoms with van der Waals surface area (Å²) in [6, 6.07) is 18.1. The van der Waals surface area contributed by atoms with Gasteiger partial charge in [-0.3, -0.25) is 13.9 Å². The van der Waals surface area contributed by atoms with Crippen molar-refractivity contribution in [2.45, 2.75) is 30.8 Å². The summed E-state index contributed by atoms with van der Waals surface area (Å²) >= 11 is 6.02. The number of nitrogens with zero attached hydrogens (tertiary/aromatic N) is 2. The van der Waals surface area contributed by atoms with Crippen LogP contribution in [0.1, 0.15) is 24.0 Å². The Hall–Kier alpha value is -3.76. The van der Waals surface area contributed by atoms with E-state index in [2.05, 4.69) is 5.32 Å².